The topological polar surface area (TPSA) is 59.1 Å². The van der Waals surface area contributed by atoms with Crippen molar-refractivity contribution in [3.63, 3.8) is 0 Å². The first kappa shape index (κ1) is 22.5. The average Bonchev–Trinajstić information content (AvgIpc) is 2.80. The molecule has 0 saturated carbocycles. The summed E-state index contributed by atoms with van der Waals surface area (Å²) in [6.45, 7) is 6.29. The van der Waals surface area contributed by atoms with Crippen molar-refractivity contribution in [2.24, 2.45) is 0 Å². The summed E-state index contributed by atoms with van der Waals surface area (Å²) in [4.78, 5) is 30.8. The Hall–Kier alpha value is -2.70. The number of ketones is 2. The van der Waals surface area contributed by atoms with Crippen LogP contribution in [0.4, 0.5) is 0 Å². The van der Waals surface area contributed by atoms with Gasteiger partial charge in [0.05, 0.1) is 26.4 Å². The molecule has 170 valence electrons. The van der Waals surface area contributed by atoms with Gasteiger partial charge in [-0.3, -0.25) is 9.59 Å². The highest BCUT2D eigenvalue weighted by molar-refractivity contribution is 6.49. The van der Waals surface area contributed by atoms with Gasteiger partial charge in [-0.2, -0.15) is 0 Å². The molecule has 0 aromatic carbocycles. The lowest BCUT2D eigenvalue weighted by Gasteiger charge is -2.31. The quantitative estimate of drug-likeness (QED) is 0.488. The molecule has 2 aliphatic heterocycles. The molecule has 0 aromatic rings. The van der Waals surface area contributed by atoms with Crippen LogP contribution in [-0.2, 0) is 19.1 Å². The van der Waals surface area contributed by atoms with Crippen molar-refractivity contribution in [1.29, 1.82) is 0 Å². The minimum Gasteiger partial charge on any atom is -0.378 e. The smallest absolute Gasteiger partial charge is 0.229 e. The van der Waals surface area contributed by atoms with E-state index in [1.807, 2.05) is 36.5 Å². The Bertz CT molecular complexity index is 821. The Morgan fingerprint density at radius 1 is 0.562 bits per heavy atom. The molecule has 4 aliphatic rings. The molecule has 2 aliphatic carbocycles. The number of carbonyl (C=O) groups is 2. The Morgan fingerprint density at radius 3 is 1.34 bits per heavy atom. The molecule has 4 rings (SSSR count). The van der Waals surface area contributed by atoms with E-state index in [2.05, 4.69) is 22.0 Å². The summed E-state index contributed by atoms with van der Waals surface area (Å²) >= 11 is 0. The van der Waals surface area contributed by atoms with Crippen LogP contribution in [0.5, 0.6) is 0 Å². The molecule has 0 amide bonds. The van der Waals surface area contributed by atoms with Crippen molar-refractivity contribution in [2.45, 2.75) is 25.7 Å². The lowest BCUT2D eigenvalue weighted by molar-refractivity contribution is -0.132. The van der Waals surface area contributed by atoms with Gasteiger partial charge in [-0.25, -0.2) is 0 Å². The van der Waals surface area contributed by atoms with Crippen LogP contribution in [-0.4, -0.2) is 74.0 Å². The maximum atomic E-state index is 13.1. The van der Waals surface area contributed by atoms with Crippen molar-refractivity contribution >= 4 is 11.6 Å². The van der Waals surface area contributed by atoms with Gasteiger partial charge in [0.15, 0.2) is 0 Å². The summed E-state index contributed by atoms with van der Waals surface area (Å²) in [5.41, 5.74) is 3.41. The molecule has 2 saturated heterocycles. The van der Waals surface area contributed by atoms with E-state index in [0.29, 0.717) is 24.0 Å². The maximum absolute atomic E-state index is 13.1. The van der Waals surface area contributed by atoms with E-state index in [9.17, 15) is 9.59 Å². The van der Waals surface area contributed by atoms with Gasteiger partial charge in [-0.1, -0.05) is 36.5 Å². The van der Waals surface area contributed by atoms with Gasteiger partial charge >= 0.3 is 0 Å². The number of carbonyl (C=O) groups excluding carboxylic acids is 2. The fourth-order valence-electron chi connectivity index (χ4n) is 4.29. The van der Waals surface area contributed by atoms with Gasteiger partial charge < -0.3 is 19.3 Å². The van der Waals surface area contributed by atoms with Crippen LogP contribution in [0.2, 0.25) is 0 Å². The van der Waals surface area contributed by atoms with E-state index in [1.54, 1.807) is 0 Å². The van der Waals surface area contributed by atoms with E-state index in [1.165, 1.54) is 0 Å². The Labute approximate surface area is 190 Å². The second kappa shape index (κ2) is 11.2. The number of ether oxygens (including phenoxy) is 2. The third-order valence-corrected chi connectivity index (χ3v) is 6.24. The number of allylic oxidation sites excluding steroid dienone is 10. The van der Waals surface area contributed by atoms with Crippen molar-refractivity contribution < 1.29 is 19.1 Å². The summed E-state index contributed by atoms with van der Waals surface area (Å²) < 4.78 is 10.9. The molecule has 6 heteroatoms. The highest BCUT2D eigenvalue weighted by Crippen LogP contribution is 2.21. The number of morpholine rings is 2. The predicted molar refractivity (Wildman–Crippen MR) is 124 cm³/mol. The SMILES string of the molecule is O=C(C(=O)/C1=C/C=C(/N2CCOCC2)C/C=C\C1)/C1=C/C=C(/N2CCOCC2)C/C=C\C1. The van der Waals surface area contributed by atoms with Crippen LogP contribution in [0, 0.1) is 0 Å². The predicted octanol–water partition coefficient (Wildman–Crippen LogP) is 3.11. The zero-order valence-corrected chi connectivity index (χ0v) is 18.6. The number of rotatable bonds is 5. The molecule has 6 nitrogen and oxygen atoms in total. The van der Waals surface area contributed by atoms with Gasteiger partial charge in [0.1, 0.15) is 0 Å². The molecular weight excluding hydrogens is 404 g/mol. The standard InChI is InChI=1S/C26H32N2O4/c29-25(21-5-1-3-7-23(11-9-21)27-13-17-31-18-14-27)26(30)22-6-2-4-8-24(12-10-22)28-15-19-32-20-16-28/h1-4,9-12H,5-8,13-20H2/b3-1-,4-2-,21-9+,22-10+,23-11+,24-12+. The molecule has 0 radical (unpaired) electrons. The number of hydrogen-bond acceptors (Lipinski definition) is 6. The zero-order valence-electron chi connectivity index (χ0n) is 18.6. The molecule has 0 bridgehead atoms. The van der Waals surface area contributed by atoms with Crippen molar-refractivity contribution in [2.75, 3.05) is 52.6 Å². The van der Waals surface area contributed by atoms with Gasteiger partial charge in [0, 0.05) is 61.6 Å². The maximum Gasteiger partial charge on any atom is 0.229 e. The second-order valence-corrected chi connectivity index (χ2v) is 8.32. The average molecular weight is 437 g/mol. The summed E-state index contributed by atoms with van der Waals surface area (Å²) in [6.07, 6.45) is 18.4. The summed E-state index contributed by atoms with van der Waals surface area (Å²) in [5, 5.41) is 0. The lowest BCUT2D eigenvalue weighted by atomic mass is 9.94. The fourth-order valence-corrected chi connectivity index (χ4v) is 4.29. The molecule has 0 unspecified atom stereocenters. The van der Waals surface area contributed by atoms with Crippen molar-refractivity contribution in [1.82, 2.24) is 9.80 Å². The molecule has 0 N–H and O–H groups in total. The second-order valence-electron chi connectivity index (χ2n) is 8.32. The van der Waals surface area contributed by atoms with Gasteiger partial charge in [-0.05, 0) is 25.0 Å². The van der Waals surface area contributed by atoms with E-state index in [0.717, 1.165) is 76.8 Å². The number of hydrogen-bond donors (Lipinski definition) is 0. The largest absolute Gasteiger partial charge is 0.378 e. The van der Waals surface area contributed by atoms with E-state index in [-0.39, 0.29) is 0 Å². The Kier molecular flexibility index (Phi) is 7.91. The number of Topliss-reactive ketones (excluding diaryl/α,β-unsaturated/α-hetero) is 2. The van der Waals surface area contributed by atoms with Crippen molar-refractivity contribution in [3.05, 3.63) is 71.1 Å². The minimum absolute atomic E-state index is 0.407. The first-order valence-electron chi connectivity index (χ1n) is 11.6. The van der Waals surface area contributed by atoms with Crippen LogP contribution >= 0.6 is 0 Å². The summed E-state index contributed by atoms with van der Waals surface area (Å²) in [7, 11) is 0. The molecule has 0 atom stereocenters. The van der Waals surface area contributed by atoms with Crippen LogP contribution in [0.1, 0.15) is 25.7 Å². The first-order chi connectivity index (χ1) is 15.7. The zero-order chi connectivity index (χ0) is 22.2. The van der Waals surface area contributed by atoms with E-state index in [4.69, 9.17) is 9.47 Å². The third kappa shape index (κ3) is 5.75. The number of nitrogens with zero attached hydrogens (tertiary/aromatic N) is 2. The highest BCUT2D eigenvalue weighted by Gasteiger charge is 2.23. The Morgan fingerprint density at radius 2 is 0.938 bits per heavy atom. The fraction of sp³-hybridized carbons (Fsp3) is 0.462. The molecular formula is C26H32N2O4. The molecule has 2 heterocycles. The summed E-state index contributed by atoms with van der Waals surface area (Å²) in [5.74, 6) is -0.814. The highest BCUT2D eigenvalue weighted by atomic mass is 16.5. The van der Waals surface area contributed by atoms with Gasteiger partial charge in [0.2, 0.25) is 11.6 Å². The van der Waals surface area contributed by atoms with E-state index >= 15 is 0 Å². The molecule has 0 aromatic heterocycles. The van der Waals surface area contributed by atoms with Crippen molar-refractivity contribution in [3.8, 4) is 0 Å². The summed E-state index contributed by atoms with van der Waals surface area (Å²) in [6, 6.07) is 0. The minimum atomic E-state index is -0.407. The third-order valence-electron chi connectivity index (χ3n) is 6.24. The van der Waals surface area contributed by atoms with Crippen LogP contribution in [0.3, 0.4) is 0 Å². The Balaban J connectivity index is 1.50. The van der Waals surface area contributed by atoms with Crippen LogP contribution < -0.4 is 0 Å². The van der Waals surface area contributed by atoms with Gasteiger partial charge in [-0.15, -0.1) is 0 Å². The monoisotopic (exact) mass is 436 g/mol. The lowest BCUT2D eigenvalue weighted by Crippen LogP contribution is -2.35. The van der Waals surface area contributed by atoms with Crippen LogP contribution in [0.15, 0.2) is 71.1 Å². The molecule has 32 heavy (non-hydrogen) atoms. The van der Waals surface area contributed by atoms with Crippen LogP contribution in [0.25, 0.3) is 0 Å². The van der Waals surface area contributed by atoms with E-state index < -0.39 is 11.6 Å². The van der Waals surface area contributed by atoms with Gasteiger partial charge in [0.25, 0.3) is 0 Å². The molecule has 0 spiro atoms. The molecule has 2 fully saturated rings. The normalized spacial score (nSPS) is 31.0. The first-order valence-corrected chi connectivity index (χ1v) is 11.6.